The van der Waals surface area contributed by atoms with E-state index in [2.05, 4.69) is 43.3 Å². The van der Waals surface area contributed by atoms with Crippen molar-refractivity contribution in [2.45, 2.75) is 32.6 Å². The van der Waals surface area contributed by atoms with Gasteiger partial charge in [-0.1, -0.05) is 49.7 Å². The summed E-state index contributed by atoms with van der Waals surface area (Å²) >= 11 is 0. The molecule has 0 fully saturated rings. The van der Waals surface area contributed by atoms with Crippen LogP contribution in [0.15, 0.2) is 42.5 Å². The molecule has 1 heteroatoms. The third kappa shape index (κ3) is 1.90. The molecule has 0 spiro atoms. The van der Waals surface area contributed by atoms with Gasteiger partial charge in [-0.25, -0.2) is 0 Å². The minimum Gasteiger partial charge on any atom is -0.295 e. The Balaban J connectivity index is 2.19. The van der Waals surface area contributed by atoms with Crippen LogP contribution in [0.2, 0.25) is 0 Å². The van der Waals surface area contributed by atoms with Gasteiger partial charge in [-0.05, 0) is 41.7 Å². The lowest BCUT2D eigenvalue weighted by atomic mass is 9.91. The van der Waals surface area contributed by atoms with Crippen molar-refractivity contribution in [1.82, 2.24) is 0 Å². The molecular weight excluding hydrogens is 232 g/mol. The van der Waals surface area contributed by atoms with Gasteiger partial charge >= 0.3 is 0 Å². The minimum atomic E-state index is 0.147. The summed E-state index contributed by atoms with van der Waals surface area (Å²) in [7, 11) is 0. The molecule has 0 heterocycles. The summed E-state index contributed by atoms with van der Waals surface area (Å²) in [6, 6.07) is 14.8. The van der Waals surface area contributed by atoms with Crippen molar-refractivity contribution in [2.75, 3.05) is 0 Å². The molecule has 0 bridgehead atoms. The van der Waals surface area contributed by atoms with Crippen LogP contribution in [-0.4, -0.2) is 5.78 Å². The third-order valence-electron chi connectivity index (χ3n) is 4.04. The lowest BCUT2D eigenvalue weighted by molar-refractivity contribution is 0.101. The van der Waals surface area contributed by atoms with Gasteiger partial charge in [0.05, 0.1) is 0 Å². The van der Waals surface area contributed by atoms with Crippen molar-refractivity contribution in [3.63, 3.8) is 0 Å². The summed E-state index contributed by atoms with van der Waals surface area (Å²) in [4.78, 5) is 11.6. The average molecular weight is 250 g/mol. The second-order valence-electron chi connectivity index (χ2n) is 5.29. The Morgan fingerprint density at radius 3 is 2.53 bits per heavy atom. The van der Waals surface area contributed by atoms with E-state index >= 15 is 0 Å². The first-order chi connectivity index (χ1) is 9.22. The van der Waals surface area contributed by atoms with E-state index in [1.165, 1.54) is 22.3 Å². The first kappa shape index (κ1) is 12.2. The maximum Gasteiger partial charge on any atom is 0.159 e. The van der Waals surface area contributed by atoms with Gasteiger partial charge in [-0.3, -0.25) is 4.79 Å². The zero-order valence-electron chi connectivity index (χ0n) is 11.4. The average Bonchev–Trinajstić information content (AvgIpc) is 2.74. The van der Waals surface area contributed by atoms with Crippen molar-refractivity contribution in [3.8, 4) is 11.1 Å². The van der Waals surface area contributed by atoms with Gasteiger partial charge in [-0.15, -0.1) is 0 Å². The lowest BCUT2D eigenvalue weighted by Gasteiger charge is -2.12. The highest BCUT2D eigenvalue weighted by molar-refractivity contribution is 5.95. The van der Waals surface area contributed by atoms with Gasteiger partial charge in [0, 0.05) is 11.5 Å². The van der Waals surface area contributed by atoms with Gasteiger partial charge in [0.15, 0.2) is 5.78 Å². The summed E-state index contributed by atoms with van der Waals surface area (Å²) in [6.45, 7) is 3.86. The van der Waals surface area contributed by atoms with E-state index in [0.717, 1.165) is 18.4 Å². The molecule has 1 aliphatic carbocycles. The van der Waals surface area contributed by atoms with Crippen LogP contribution in [0.3, 0.4) is 0 Å². The Morgan fingerprint density at radius 2 is 1.79 bits per heavy atom. The number of carbonyl (C=O) groups excluding carboxylic acids is 1. The third-order valence-corrected chi connectivity index (χ3v) is 4.04. The number of carbonyl (C=O) groups is 1. The molecule has 1 atom stereocenters. The van der Waals surface area contributed by atoms with E-state index in [1.807, 2.05) is 6.07 Å². The maximum atomic E-state index is 11.6. The summed E-state index contributed by atoms with van der Waals surface area (Å²) in [5.41, 5.74) is 6.22. The molecular formula is C18H18O. The van der Waals surface area contributed by atoms with Crippen LogP contribution in [0, 0.1) is 0 Å². The standard InChI is InChI=1S/C18H18O/c1-3-6-14-15-7-4-5-8-16(15)17-10-9-13(12(2)19)11-18(14)17/h4-5,7-11,14H,3,6H2,1-2H3. The molecule has 0 aliphatic heterocycles. The van der Waals surface area contributed by atoms with Crippen LogP contribution < -0.4 is 0 Å². The molecule has 3 rings (SSSR count). The van der Waals surface area contributed by atoms with E-state index in [9.17, 15) is 4.79 Å². The number of benzene rings is 2. The molecule has 0 saturated heterocycles. The summed E-state index contributed by atoms with van der Waals surface area (Å²) < 4.78 is 0. The minimum absolute atomic E-state index is 0.147. The smallest absolute Gasteiger partial charge is 0.159 e. The lowest BCUT2D eigenvalue weighted by Crippen LogP contribution is -1.98. The van der Waals surface area contributed by atoms with Crippen LogP contribution in [0.25, 0.3) is 11.1 Å². The van der Waals surface area contributed by atoms with Crippen molar-refractivity contribution < 1.29 is 4.79 Å². The topological polar surface area (TPSA) is 17.1 Å². The summed E-state index contributed by atoms with van der Waals surface area (Å²) in [6.07, 6.45) is 2.30. The fourth-order valence-electron chi connectivity index (χ4n) is 3.13. The molecule has 2 aromatic carbocycles. The van der Waals surface area contributed by atoms with E-state index in [4.69, 9.17) is 0 Å². The number of hydrogen-bond acceptors (Lipinski definition) is 1. The maximum absolute atomic E-state index is 11.6. The monoisotopic (exact) mass is 250 g/mol. The first-order valence-electron chi connectivity index (χ1n) is 6.96. The van der Waals surface area contributed by atoms with Crippen LogP contribution in [0.4, 0.5) is 0 Å². The highest BCUT2D eigenvalue weighted by Gasteiger charge is 2.27. The van der Waals surface area contributed by atoms with Crippen LogP contribution in [0.1, 0.15) is 54.1 Å². The molecule has 96 valence electrons. The fourth-order valence-corrected chi connectivity index (χ4v) is 3.13. The molecule has 19 heavy (non-hydrogen) atoms. The Morgan fingerprint density at radius 1 is 1.05 bits per heavy atom. The highest BCUT2D eigenvalue weighted by Crippen LogP contribution is 2.46. The molecule has 0 radical (unpaired) electrons. The Kier molecular flexibility index (Phi) is 2.98. The van der Waals surface area contributed by atoms with Gasteiger partial charge < -0.3 is 0 Å². The van der Waals surface area contributed by atoms with Crippen LogP contribution >= 0.6 is 0 Å². The first-order valence-corrected chi connectivity index (χ1v) is 6.96. The zero-order valence-corrected chi connectivity index (χ0v) is 11.4. The molecule has 1 unspecified atom stereocenters. The molecule has 0 aromatic heterocycles. The van der Waals surface area contributed by atoms with Crippen molar-refractivity contribution in [2.24, 2.45) is 0 Å². The Labute approximate surface area is 114 Å². The molecule has 0 amide bonds. The van der Waals surface area contributed by atoms with Crippen molar-refractivity contribution >= 4 is 5.78 Å². The van der Waals surface area contributed by atoms with Gasteiger partial charge in [0.1, 0.15) is 0 Å². The van der Waals surface area contributed by atoms with Gasteiger partial charge in [-0.2, -0.15) is 0 Å². The number of Topliss-reactive ketones (excluding diaryl/α,β-unsaturated/α-hetero) is 1. The van der Waals surface area contributed by atoms with E-state index in [0.29, 0.717) is 5.92 Å². The predicted molar refractivity (Wildman–Crippen MR) is 78.6 cm³/mol. The van der Waals surface area contributed by atoms with Crippen LogP contribution in [0.5, 0.6) is 0 Å². The number of ketones is 1. The fraction of sp³-hybridized carbons (Fsp3) is 0.278. The molecule has 1 aliphatic rings. The summed E-state index contributed by atoms with van der Waals surface area (Å²) in [5, 5.41) is 0. The van der Waals surface area contributed by atoms with Gasteiger partial charge in [0.25, 0.3) is 0 Å². The summed E-state index contributed by atoms with van der Waals surface area (Å²) in [5.74, 6) is 0.601. The predicted octanol–water partition coefficient (Wildman–Crippen LogP) is 4.80. The van der Waals surface area contributed by atoms with E-state index in [1.54, 1.807) is 6.92 Å². The van der Waals surface area contributed by atoms with Crippen molar-refractivity contribution in [3.05, 3.63) is 59.2 Å². The van der Waals surface area contributed by atoms with Crippen molar-refractivity contribution in [1.29, 1.82) is 0 Å². The second-order valence-corrected chi connectivity index (χ2v) is 5.29. The largest absolute Gasteiger partial charge is 0.295 e. The van der Waals surface area contributed by atoms with Crippen LogP contribution in [-0.2, 0) is 0 Å². The SMILES string of the molecule is CCCC1c2ccccc2-c2ccc(C(C)=O)cc21. The highest BCUT2D eigenvalue weighted by atomic mass is 16.1. The molecule has 1 nitrogen and oxygen atoms in total. The van der Waals surface area contributed by atoms with E-state index in [-0.39, 0.29) is 5.78 Å². The number of fused-ring (bicyclic) bond motifs is 3. The van der Waals surface area contributed by atoms with E-state index < -0.39 is 0 Å². The quantitative estimate of drug-likeness (QED) is 0.715. The Hall–Kier alpha value is -1.89. The molecule has 0 saturated carbocycles. The normalized spacial score (nSPS) is 16.0. The number of rotatable bonds is 3. The molecule has 0 N–H and O–H groups in total. The second kappa shape index (κ2) is 4.65. The number of hydrogen-bond donors (Lipinski definition) is 0. The zero-order chi connectivity index (χ0) is 13.4. The van der Waals surface area contributed by atoms with Gasteiger partial charge in [0.2, 0.25) is 0 Å². The molecule has 2 aromatic rings. The Bertz CT molecular complexity index is 640.